The summed E-state index contributed by atoms with van der Waals surface area (Å²) in [5, 5.41) is 16.1. The summed E-state index contributed by atoms with van der Waals surface area (Å²) >= 11 is 1.56. The second kappa shape index (κ2) is 17.3. The molecule has 4 unspecified atom stereocenters. The molecule has 3 N–H and O–H groups in total. The van der Waals surface area contributed by atoms with Crippen molar-refractivity contribution in [3.05, 3.63) is 168 Å². The highest BCUT2D eigenvalue weighted by Crippen LogP contribution is 2.43. The topological polar surface area (TPSA) is 115 Å². The summed E-state index contributed by atoms with van der Waals surface area (Å²) in [7, 11) is 0. The summed E-state index contributed by atoms with van der Waals surface area (Å²) in [6, 6.07) is 42.5. The standard InChI is InChI=1S/C43H40N4O5S/c1-29-39(28-53-43-44-22-7-23-45-43)51-41(52-40(29)32-16-14-30(27-48)15-17-32)35-11-6-10-34(25-35)33-9-5-8-31(24-33)26-46-42(49)47-36-18-20-38(21-19-36)50-37-12-3-2-4-13-37/h2-25,29,39-41,48H,26-28H2,1H3,(H2,46,47,49). The van der Waals surface area contributed by atoms with Crippen LogP contribution in [-0.2, 0) is 22.6 Å². The first-order chi connectivity index (χ1) is 26.0. The lowest BCUT2D eigenvalue weighted by molar-refractivity contribution is -0.268. The van der Waals surface area contributed by atoms with E-state index >= 15 is 0 Å². The summed E-state index contributed by atoms with van der Waals surface area (Å²) < 4.78 is 19.2. The molecule has 0 saturated carbocycles. The second-order valence-corrected chi connectivity index (χ2v) is 13.7. The third-order valence-corrected chi connectivity index (χ3v) is 9.97. The molecule has 1 aromatic heterocycles. The van der Waals surface area contributed by atoms with Gasteiger partial charge in [-0.1, -0.05) is 97.5 Å². The molecule has 0 radical (unpaired) electrons. The first-order valence-electron chi connectivity index (χ1n) is 17.5. The maximum absolute atomic E-state index is 12.8. The number of aromatic nitrogens is 2. The number of carbonyl (C=O) groups excluding carboxylic acids is 1. The maximum atomic E-state index is 12.8. The van der Waals surface area contributed by atoms with E-state index < -0.39 is 6.29 Å². The van der Waals surface area contributed by atoms with Gasteiger partial charge in [0.2, 0.25) is 0 Å². The van der Waals surface area contributed by atoms with E-state index in [4.69, 9.17) is 14.2 Å². The molecule has 7 rings (SSSR count). The van der Waals surface area contributed by atoms with Crippen molar-refractivity contribution >= 4 is 23.5 Å². The molecular formula is C43H40N4O5S. The number of urea groups is 1. The molecule has 10 heteroatoms. The third-order valence-electron chi connectivity index (χ3n) is 9.01. The van der Waals surface area contributed by atoms with Crippen molar-refractivity contribution in [3.63, 3.8) is 0 Å². The van der Waals surface area contributed by atoms with Crippen LogP contribution >= 0.6 is 11.8 Å². The van der Waals surface area contributed by atoms with Gasteiger partial charge in [0.25, 0.3) is 0 Å². The zero-order chi connectivity index (χ0) is 36.4. The van der Waals surface area contributed by atoms with Gasteiger partial charge in [0.15, 0.2) is 11.4 Å². The smallest absolute Gasteiger partial charge is 0.319 e. The second-order valence-electron chi connectivity index (χ2n) is 12.7. The van der Waals surface area contributed by atoms with Crippen LogP contribution in [0, 0.1) is 5.92 Å². The van der Waals surface area contributed by atoms with Gasteiger partial charge in [0, 0.05) is 41.9 Å². The lowest BCUT2D eigenvalue weighted by Gasteiger charge is -2.41. The van der Waals surface area contributed by atoms with E-state index in [9.17, 15) is 9.90 Å². The van der Waals surface area contributed by atoms with Crippen LogP contribution in [0.2, 0.25) is 0 Å². The molecule has 2 amide bonds. The summed E-state index contributed by atoms with van der Waals surface area (Å²) in [5.41, 5.74) is 6.42. The van der Waals surface area contributed by atoms with Crippen LogP contribution in [0.25, 0.3) is 11.1 Å². The average Bonchev–Trinajstić information content (AvgIpc) is 3.21. The lowest BCUT2D eigenvalue weighted by Crippen LogP contribution is -2.38. The van der Waals surface area contributed by atoms with Crippen molar-refractivity contribution < 1.29 is 24.1 Å². The van der Waals surface area contributed by atoms with Gasteiger partial charge in [0.1, 0.15) is 11.5 Å². The van der Waals surface area contributed by atoms with Crippen LogP contribution in [0.1, 0.15) is 41.6 Å². The van der Waals surface area contributed by atoms with Crippen molar-refractivity contribution in [2.45, 2.75) is 43.7 Å². The number of aliphatic hydroxyl groups is 1. The summed E-state index contributed by atoms with van der Waals surface area (Å²) in [6.45, 7) is 2.48. The molecule has 6 aromatic rings. The Bertz CT molecular complexity index is 2090. The molecule has 5 aromatic carbocycles. The largest absolute Gasteiger partial charge is 0.457 e. The van der Waals surface area contributed by atoms with Crippen LogP contribution < -0.4 is 15.4 Å². The van der Waals surface area contributed by atoms with E-state index in [1.807, 2.05) is 91.0 Å². The number of aliphatic hydroxyl groups excluding tert-OH is 1. The van der Waals surface area contributed by atoms with Gasteiger partial charge in [0.05, 0.1) is 18.8 Å². The van der Waals surface area contributed by atoms with Crippen molar-refractivity contribution in [1.82, 2.24) is 15.3 Å². The molecule has 53 heavy (non-hydrogen) atoms. The molecule has 1 aliphatic heterocycles. The summed E-state index contributed by atoms with van der Waals surface area (Å²) in [6.07, 6.45) is 2.51. The van der Waals surface area contributed by atoms with Gasteiger partial charge < -0.3 is 30.0 Å². The van der Waals surface area contributed by atoms with E-state index in [1.54, 1.807) is 42.4 Å². The van der Waals surface area contributed by atoms with Crippen LogP contribution in [0.4, 0.5) is 10.5 Å². The minimum atomic E-state index is -0.608. The Morgan fingerprint density at radius 3 is 2.23 bits per heavy atom. The van der Waals surface area contributed by atoms with Crippen LogP contribution in [0.3, 0.4) is 0 Å². The van der Waals surface area contributed by atoms with Crippen molar-refractivity contribution in [1.29, 1.82) is 0 Å². The number of ether oxygens (including phenoxy) is 3. The minimum absolute atomic E-state index is 0.0127. The Labute approximate surface area is 313 Å². The van der Waals surface area contributed by atoms with Crippen LogP contribution in [-0.4, -0.2) is 33.0 Å². The molecule has 1 fully saturated rings. The molecule has 2 heterocycles. The normalized spacial score (nSPS) is 18.2. The Balaban J connectivity index is 1.01. The Hall–Kier alpha value is -5.52. The minimum Gasteiger partial charge on any atom is -0.457 e. The first-order valence-corrected chi connectivity index (χ1v) is 18.5. The van der Waals surface area contributed by atoms with Gasteiger partial charge in [-0.25, -0.2) is 14.8 Å². The summed E-state index contributed by atoms with van der Waals surface area (Å²) in [4.78, 5) is 21.5. The molecule has 4 atom stereocenters. The number of benzene rings is 5. The van der Waals surface area contributed by atoms with Crippen molar-refractivity contribution in [3.8, 4) is 22.6 Å². The third kappa shape index (κ3) is 9.48. The number of hydrogen-bond acceptors (Lipinski definition) is 8. The predicted molar refractivity (Wildman–Crippen MR) is 206 cm³/mol. The molecule has 268 valence electrons. The molecule has 9 nitrogen and oxygen atoms in total. The monoisotopic (exact) mass is 724 g/mol. The molecule has 1 saturated heterocycles. The van der Waals surface area contributed by atoms with E-state index in [0.29, 0.717) is 28.9 Å². The van der Waals surface area contributed by atoms with E-state index in [2.05, 4.69) is 51.8 Å². The molecule has 0 bridgehead atoms. The molecule has 0 aliphatic carbocycles. The summed E-state index contributed by atoms with van der Waals surface area (Å²) in [5.74, 6) is 2.13. The van der Waals surface area contributed by atoms with Crippen LogP contribution in [0.15, 0.2) is 151 Å². The van der Waals surface area contributed by atoms with E-state index in [0.717, 1.165) is 39.1 Å². The number of hydrogen-bond donors (Lipinski definition) is 3. The fourth-order valence-corrected chi connectivity index (χ4v) is 7.11. The van der Waals surface area contributed by atoms with E-state index in [-0.39, 0.29) is 30.8 Å². The van der Waals surface area contributed by atoms with Gasteiger partial charge in [-0.2, -0.15) is 0 Å². The Morgan fingerprint density at radius 2 is 1.47 bits per heavy atom. The van der Waals surface area contributed by atoms with Gasteiger partial charge in [-0.15, -0.1) is 0 Å². The van der Waals surface area contributed by atoms with Crippen molar-refractivity contribution in [2.75, 3.05) is 11.1 Å². The molecule has 1 aliphatic rings. The Kier molecular flexibility index (Phi) is 11.7. The van der Waals surface area contributed by atoms with Crippen LogP contribution in [0.5, 0.6) is 11.5 Å². The fraction of sp³-hybridized carbons (Fsp3) is 0.186. The zero-order valence-corrected chi connectivity index (χ0v) is 30.0. The lowest BCUT2D eigenvalue weighted by atomic mass is 9.91. The van der Waals surface area contributed by atoms with Crippen molar-refractivity contribution in [2.24, 2.45) is 5.92 Å². The number of nitrogens with zero attached hydrogens (tertiary/aromatic N) is 2. The van der Waals surface area contributed by atoms with E-state index in [1.165, 1.54) is 0 Å². The van der Waals surface area contributed by atoms with Gasteiger partial charge in [-0.3, -0.25) is 0 Å². The zero-order valence-electron chi connectivity index (χ0n) is 29.2. The number of carbonyl (C=O) groups is 1. The fourth-order valence-electron chi connectivity index (χ4n) is 6.14. The number of thioether (sulfide) groups is 1. The van der Waals surface area contributed by atoms with Gasteiger partial charge >= 0.3 is 6.03 Å². The Morgan fingerprint density at radius 1 is 0.755 bits per heavy atom. The maximum Gasteiger partial charge on any atom is 0.319 e. The number of amides is 2. The number of anilines is 1. The number of nitrogens with one attached hydrogen (secondary N) is 2. The molecular weight excluding hydrogens is 685 g/mol. The molecule has 0 spiro atoms. The quantitative estimate of drug-likeness (QED) is 0.0845. The average molecular weight is 725 g/mol. The SMILES string of the molecule is CC1C(CSc2ncccn2)OC(c2cccc(-c3cccc(CNC(=O)Nc4ccc(Oc5ccccc5)cc4)c3)c2)OC1c1ccc(CO)cc1. The predicted octanol–water partition coefficient (Wildman–Crippen LogP) is 9.33. The highest BCUT2D eigenvalue weighted by molar-refractivity contribution is 7.99. The van der Waals surface area contributed by atoms with Gasteiger partial charge in [-0.05, 0) is 82.4 Å². The highest BCUT2D eigenvalue weighted by Gasteiger charge is 2.38. The first kappa shape index (κ1) is 35.9. The highest BCUT2D eigenvalue weighted by atomic mass is 32.2. The number of para-hydroxylation sites is 1. The number of rotatable bonds is 12.